The van der Waals surface area contributed by atoms with Crippen molar-refractivity contribution in [1.82, 2.24) is 0 Å². The van der Waals surface area contributed by atoms with Crippen molar-refractivity contribution >= 4 is 5.97 Å². The largest absolute Gasteiger partial charge is 0.479 e. The van der Waals surface area contributed by atoms with Crippen molar-refractivity contribution < 1.29 is 14.6 Å². The van der Waals surface area contributed by atoms with Crippen molar-refractivity contribution in [3.05, 3.63) is 0 Å². The Kier molecular flexibility index (Phi) is 7.33. The second kappa shape index (κ2) is 8.52. The zero-order valence-electron chi connectivity index (χ0n) is 11.7. The van der Waals surface area contributed by atoms with Crippen molar-refractivity contribution in [1.29, 1.82) is 0 Å². The van der Waals surface area contributed by atoms with Gasteiger partial charge in [0, 0.05) is 6.61 Å². The summed E-state index contributed by atoms with van der Waals surface area (Å²) in [5.41, 5.74) is -0.909. The molecule has 0 aromatic rings. The van der Waals surface area contributed by atoms with E-state index in [0.29, 0.717) is 19.4 Å². The van der Waals surface area contributed by atoms with Gasteiger partial charge in [0.05, 0.1) is 0 Å². The van der Waals surface area contributed by atoms with Gasteiger partial charge in [-0.1, -0.05) is 44.9 Å². The van der Waals surface area contributed by atoms with Crippen LogP contribution in [0.1, 0.15) is 77.6 Å². The summed E-state index contributed by atoms with van der Waals surface area (Å²) in [6.07, 6.45) is 12.0. The molecule has 0 spiro atoms. The fraction of sp³-hybridized carbons (Fsp3) is 0.933. The molecule has 106 valence electrons. The zero-order valence-corrected chi connectivity index (χ0v) is 11.7. The fourth-order valence-electron chi connectivity index (χ4n) is 2.88. The van der Waals surface area contributed by atoms with E-state index in [2.05, 4.69) is 0 Å². The van der Waals surface area contributed by atoms with Gasteiger partial charge in [-0.15, -0.1) is 0 Å². The Morgan fingerprint density at radius 3 is 1.67 bits per heavy atom. The summed E-state index contributed by atoms with van der Waals surface area (Å²) in [5.74, 6) is -0.763. The first kappa shape index (κ1) is 15.5. The lowest BCUT2D eigenvalue weighted by atomic mass is 9.88. The highest BCUT2D eigenvalue weighted by molar-refractivity contribution is 5.77. The molecule has 3 heteroatoms. The molecule has 0 atom stereocenters. The molecule has 1 N–H and O–H groups in total. The van der Waals surface area contributed by atoms with E-state index in [-0.39, 0.29) is 0 Å². The van der Waals surface area contributed by atoms with Crippen molar-refractivity contribution in [2.24, 2.45) is 0 Å². The number of carboxylic acid groups (broad SMARTS) is 1. The summed E-state index contributed by atoms with van der Waals surface area (Å²) in [7, 11) is 0. The molecule has 0 heterocycles. The monoisotopic (exact) mass is 256 g/mol. The molecule has 1 aliphatic carbocycles. The molecule has 1 fully saturated rings. The first-order valence-corrected chi connectivity index (χ1v) is 7.58. The number of hydrogen-bond donors (Lipinski definition) is 1. The number of carboxylic acids is 1. The molecule has 0 aromatic carbocycles. The van der Waals surface area contributed by atoms with E-state index in [1.54, 1.807) is 0 Å². The molecule has 1 aliphatic rings. The van der Waals surface area contributed by atoms with Gasteiger partial charge in [-0.3, -0.25) is 0 Å². The van der Waals surface area contributed by atoms with E-state index in [1.807, 2.05) is 6.92 Å². The molecular formula is C15H28O3. The molecule has 0 aromatic heterocycles. The van der Waals surface area contributed by atoms with Crippen LogP contribution >= 0.6 is 0 Å². The van der Waals surface area contributed by atoms with Crippen molar-refractivity contribution in [2.45, 2.75) is 83.2 Å². The van der Waals surface area contributed by atoms with Crippen molar-refractivity contribution in [3.8, 4) is 0 Å². The average Bonchev–Trinajstić information content (AvgIpc) is 2.32. The highest BCUT2D eigenvalue weighted by atomic mass is 16.5. The molecule has 0 unspecified atom stereocenters. The van der Waals surface area contributed by atoms with Gasteiger partial charge < -0.3 is 9.84 Å². The molecule has 1 saturated carbocycles. The Labute approximate surface area is 111 Å². The highest BCUT2D eigenvalue weighted by Gasteiger charge is 2.38. The van der Waals surface area contributed by atoms with E-state index in [9.17, 15) is 9.90 Å². The molecule has 0 aliphatic heterocycles. The standard InChI is InChI=1S/C15H28O3/c1-2-18-15(14(16)17)12-10-8-6-4-3-5-7-9-11-13-15/h2-13H2,1H3,(H,16,17). The van der Waals surface area contributed by atoms with Gasteiger partial charge in [0.2, 0.25) is 0 Å². The molecule has 1 rings (SSSR count). The third-order valence-electron chi connectivity index (χ3n) is 3.97. The lowest BCUT2D eigenvalue weighted by Crippen LogP contribution is -2.41. The third-order valence-corrected chi connectivity index (χ3v) is 3.97. The summed E-state index contributed by atoms with van der Waals surface area (Å²) in [4.78, 5) is 11.6. The second-order valence-electron chi connectivity index (χ2n) is 5.41. The van der Waals surface area contributed by atoms with Crippen molar-refractivity contribution in [2.75, 3.05) is 6.61 Å². The van der Waals surface area contributed by atoms with Gasteiger partial charge in [0.25, 0.3) is 0 Å². The van der Waals surface area contributed by atoms with Crippen LogP contribution in [0.25, 0.3) is 0 Å². The van der Waals surface area contributed by atoms with Crippen LogP contribution in [0.2, 0.25) is 0 Å². The van der Waals surface area contributed by atoms with E-state index in [0.717, 1.165) is 25.7 Å². The van der Waals surface area contributed by atoms with Gasteiger partial charge >= 0.3 is 5.97 Å². The van der Waals surface area contributed by atoms with Gasteiger partial charge in [0.15, 0.2) is 5.60 Å². The Hall–Kier alpha value is -0.570. The molecule has 0 saturated heterocycles. The van der Waals surface area contributed by atoms with E-state index < -0.39 is 11.6 Å². The number of rotatable bonds is 3. The first-order chi connectivity index (χ1) is 8.71. The summed E-state index contributed by atoms with van der Waals surface area (Å²) < 4.78 is 5.64. The predicted molar refractivity (Wildman–Crippen MR) is 72.8 cm³/mol. The first-order valence-electron chi connectivity index (χ1n) is 7.58. The zero-order chi connectivity index (χ0) is 13.3. The van der Waals surface area contributed by atoms with Gasteiger partial charge in [-0.2, -0.15) is 0 Å². The number of aliphatic carboxylic acids is 1. The molecule has 3 nitrogen and oxygen atoms in total. The predicted octanol–water partition coefficient (Wildman–Crippen LogP) is 4.15. The van der Waals surface area contributed by atoms with E-state index in [1.165, 1.54) is 32.1 Å². The Morgan fingerprint density at radius 1 is 0.944 bits per heavy atom. The maximum absolute atomic E-state index is 11.6. The van der Waals surface area contributed by atoms with Crippen LogP contribution in [0.15, 0.2) is 0 Å². The molecule has 0 radical (unpaired) electrons. The SMILES string of the molecule is CCOC1(C(=O)O)CCCCCCCCCCC1. The van der Waals surface area contributed by atoms with Crippen LogP contribution < -0.4 is 0 Å². The maximum Gasteiger partial charge on any atom is 0.335 e. The minimum absolute atomic E-state index is 0.492. The van der Waals surface area contributed by atoms with Crippen LogP contribution in [0.5, 0.6) is 0 Å². The Balaban J connectivity index is 2.60. The van der Waals surface area contributed by atoms with E-state index >= 15 is 0 Å². The Morgan fingerprint density at radius 2 is 1.33 bits per heavy atom. The molecule has 0 amide bonds. The van der Waals surface area contributed by atoms with Crippen molar-refractivity contribution in [3.63, 3.8) is 0 Å². The third kappa shape index (κ3) is 4.97. The fourth-order valence-corrected chi connectivity index (χ4v) is 2.88. The Bertz CT molecular complexity index is 226. The summed E-state index contributed by atoms with van der Waals surface area (Å²) in [6.45, 7) is 2.38. The van der Waals surface area contributed by atoms with Crippen LogP contribution in [-0.4, -0.2) is 23.3 Å². The molecular weight excluding hydrogens is 228 g/mol. The number of hydrogen-bond acceptors (Lipinski definition) is 2. The minimum atomic E-state index is -0.909. The van der Waals surface area contributed by atoms with Crippen LogP contribution in [0, 0.1) is 0 Å². The maximum atomic E-state index is 11.6. The van der Waals surface area contributed by atoms with Crippen LogP contribution in [0.4, 0.5) is 0 Å². The van der Waals surface area contributed by atoms with Crippen LogP contribution in [-0.2, 0) is 9.53 Å². The van der Waals surface area contributed by atoms with Gasteiger partial charge in [-0.05, 0) is 32.6 Å². The quantitative estimate of drug-likeness (QED) is 0.825. The minimum Gasteiger partial charge on any atom is -0.479 e. The van der Waals surface area contributed by atoms with Crippen LogP contribution in [0.3, 0.4) is 0 Å². The normalized spacial score (nSPS) is 22.7. The topological polar surface area (TPSA) is 46.5 Å². The van der Waals surface area contributed by atoms with E-state index in [4.69, 9.17) is 4.74 Å². The molecule has 18 heavy (non-hydrogen) atoms. The van der Waals surface area contributed by atoms with Gasteiger partial charge in [-0.25, -0.2) is 4.79 Å². The lowest BCUT2D eigenvalue weighted by molar-refractivity contribution is -0.168. The number of carbonyl (C=O) groups is 1. The number of ether oxygens (including phenoxy) is 1. The molecule has 0 bridgehead atoms. The summed E-state index contributed by atoms with van der Waals surface area (Å²) >= 11 is 0. The van der Waals surface area contributed by atoms with Gasteiger partial charge in [0.1, 0.15) is 0 Å². The lowest BCUT2D eigenvalue weighted by Gasteiger charge is -2.29. The smallest absolute Gasteiger partial charge is 0.335 e. The highest BCUT2D eigenvalue weighted by Crippen LogP contribution is 2.28. The second-order valence-corrected chi connectivity index (χ2v) is 5.41. The average molecular weight is 256 g/mol. The summed E-state index contributed by atoms with van der Waals surface area (Å²) in [6, 6.07) is 0. The summed E-state index contributed by atoms with van der Waals surface area (Å²) in [5, 5.41) is 9.50.